The first-order chi connectivity index (χ1) is 5.78. The van der Waals surface area contributed by atoms with E-state index in [2.05, 4.69) is 0 Å². The lowest BCUT2D eigenvalue weighted by atomic mass is 10.6. The van der Waals surface area contributed by atoms with E-state index in [1.54, 1.807) is 20.2 Å². The van der Waals surface area contributed by atoms with E-state index >= 15 is 0 Å². The van der Waals surface area contributed by atoms with Crippen LogP contribution >= 0.6 is 0 Å². The fourth-order valence-electron chi connectivity index (χ4n) is 0.776. The number of hydrogen-bond donors (Lipinski definition) is 0. The van der Waals surface area contributed by atoms with Gasteiger partial charge in [0, 0.05) is 20.3 Å². The normalized spacial score (nSPS) is 10.7. The quantitative estimate of drug-likeness (QED) is 0.245. The van der Waals surface area contributed by atoms with E-state index < -0.39 is 9.52 Å². The van der Waals surface area contributed by atoms with Crippen LogP contribution in [0.2, 0.25) is 6.04 Å². The minimum absolute atomic E-state index is 0.150. The number of ether oxygens (including phenoxy) is 3. The molecule has 0 aliphatic heterocycles. The summed E-state index contributed by atoms with van der Waals surface area (Å²) in [5.74, 6) is 1.92. The van der Waals surface area contributed by atoms with Gasteiger partial charge in [-0.05, 0) is 0 Å². The molecule has 12 heavy (non-hydrogen) atoms. The zero-order chi connectivity index (χ0) is 9.40. The molecule has 70 valence electrons. The van der Waals surface area contributed by atoms with Gasteiger partial charge >= 0.3 is 0 Å². The molecular weight excluding hydrogens is 176 g/mol. The Labute approximate surface area is 74.3 Å². The lowest BCUT2D eigenvalue weighted by Crippen LogP contribution is -2.21. The Morgan fingerprint density at radius 3 is 2.33 bits per heavy atom. The zero-order valence-electron chi connectivity index (χ0n) is 7.62. The van der Waals surface area contributed by atoms with Crippen molar-refractivity contribution >= 4 is 15.5 Å². The third-order valence-corrected chi connectivity index (χ3v) is 3.37. The van der Waals surface area contributed by atoms with Crippen molar-refractivity contribution in [2.45, 2.75) is 12.0 Å². The SMILES string of the molecule is COC(=C=O)C[SiH2]C(OC)OC. The molecule has 0 aromatic heterocycles. The molecule has 0 N–H and O–H groups in total. The maximum atomic E-state index is 10.2. The van der Waals surface area contributed by atoms with Crippen LogP contribution in [0.4, 0.5) is 0 Å². The van der Waals surface area contributed by atoms with Crippen molar-refractivity contribution < 1.29 is 19.0 Å². The van der Waals surface area contributed by atoms with Crippen molar-refractivity contribution in [1.82, 2.24) is 0 Å². The summed E-state index contributed by atoms with van der Waals surface area (Å²) in [5.41, 5.74) is 0. The average molecular weight is 190 g/mol. The maximum Gasteiger partial charge on any atom is 0.176 e. The van der Waals surface area contributed by atoms with Crippen LogP contribution in [-0.4, -0.2) is 42.7 Å². The van der Waals surface area contributed by atoms with E-state index in [-0.39, 0.29) is 5.91 Å². The summed E-state index contributed by atoms with van der Waals surface area (Å²) < 4.78 is 14.7. The van der Waals surface area contributed by atoms with Crippen LogP contribution < -0.4 is 0 Å². The molecule has 0 aliphatic carbocycles. The third kappa shape index (κ3) is 4.30. The largest absolute Gasteiger partial charge is 0.490 e. The summed E-state index contributed by atoms with van der Waals surface area (Å²) in [6.07, 6.45) is 0. The standard InChI is InChI=1S/C7H14O4Si/c1-9-6(4-8)5-12-7(10-2)11-3/h7H,5,12H2,1-3H3. The van der Waals surface area contributed by atoms with Crippen LogP contribution in [0.3, 0.4) is 0 Å². The predicted octanol–water partition coefficient (Wildman–Crippen LogP) is -0.488. The number of allylic oxidation sites excluding steroid dienone is 1. The van der Waals surface area contributed by atoms with Gasteiger partial charge < -0.3 is 14.2 Å². The molecule has 0 aromatic rings. The zero-order valence-corrected chi connectivity index (χ0v) is 9.04. The van der Waals surface area contributed by atoms with Crippen molar-refractivity contribution in [1.29, 1.82) is 0 Å². The molecule has 0 spiro atoms. The van der Waals surface area contributed by atoms with E-state index in [0.717, 1.165) is 0 Å². The van der Waals surface area contributed by atoms with Crippen LogP contribution in [0.1, 0.15) is 0 Å². The molecule has 0 saturated heterocycles. The summed E-state index contributed by atoms with van der Waals surface area (Å²) >= 11 is 0. The van der Waals surface area contributed by atoms with Gasteiger partial charge in [-0.2, -0.15) is 0 Å². The Balaban J connectivity index is 3.72. The van der Waals surface area contributed by atoms with Crippen molar-refractivity contribution in [2.24, 2.45) is 0 Å². The van der Waals surface area contributed by atoms with Gasteiger partial charge in [-0.25, -0.2) is 4.79 Å². The Morgan fingerprint density at radius 1 is 1.42 bits per heavy atom. The summed E-state index contributed by atoms with van der Waals surface area (Å²) in [4.78, 5) is 10.2. The predicted molar refractivity (Wildman–Crippen MR) is 47.4 cm³/mol. The molecule has 0 radical (unpaired) electrons. The number of carbonyl (C=O) groups excluding carboxylic acids is 1. The molecule has 0 bridgehead atoms. The fraction of sp³-hybridized carbons (Fsp3) is 0.714. The van der Waals surface area contributed by atoms with Crippen molar-refractivity contribution in [3.05, 3.63) is 5.76 Å². The van der Waals surface area contributed by atoms with Gasteiger partial charge in [-0.3, -0.25) is 0 Å². The average Bonchev–Trinajstić information content (AvgIpc) is 2.13. The molecule has 0 amide bonds. The monoisotopic (exact) mass is 190 g/mol. The van der Waals surface area contributed by atoms with Crippen LogP contribution in [0.5, 0.6) is 0 Å². The Bertz CT molecular complexity index is 161. The van der Waals surface area contributed by atoms with Gasteiger partial charge in [-0.15, -0.1) is 0 Å². The highest BCUT2D eigenvalue weighted by Gasteiger charge is 2.08. The van der Waals surface area contributed by atoms with Gasteiger partial charge in [0.25, 0.3) is 0 Å². The molecule has 0 fully saturated rings. The second kappa shape index (κ2) is 7.06. The Morgan fingerprint density at radius 2 is 2.00 bits per heavy atom. The molecule has 0 unspecified atom stereocenters. The molecule has 0 atom stereocenters. The second-order valence-corrected chi connectivity index (χ2v) is 3.91. The van der Waals surface area contributed by atoms with E-state index in [9.17, 15) is 4.79 Å². The highest BCUT2D eigenvalue weighted by Crippen LogP contribution is 2.00. The number of rotatable bonds is 6. The minimum atomic E-state index is -0.613. The number of methoxy groups -OCH3 is 3. The van der Waals surface area contributed by atoms with Gasteiger partial charge in [-0.1, -0.05) is 0 Å². The molecular formula is C7H14O4Si. The van der Waals surface area contributed by atoms with E-state index in [1.807, 2.05) is 0 Å². The summed E-state index contributed by atoms with van der Waals surface area (Å²) in [6, 6.07) is 0.617. The van der Waals surface area contributed by atoms with Gasteiger partial charge in [0.05, 0.1) is 16.6 Å². The lowest BCUT2D eigenvalue weighted by molar-refractivity contribution is -0.0441. The summed E-state index contributed by atoms with van der Waals surface area (Å²) in [5, 5.41) is 0. The molecule has 0 saturated carbocycles. The molecule has 0 aromatic carbocycles. The summed E-state index contributed by atoms with van der Waals surface area (Å²) in [7, 11) is 4.01. The minimum Gasteiger partial charge on any atom is -0.490 e. The van der Waals surface area contributed by atoms with Crippen molar-refractivity contribution in [3.63, 3.8) is 0 Å². The topological polar surface area (TPSA) is 44.8 Å². The third-order valence-electron chi connectivity index (χ3n) is 1.49. The second-order valence-electron chi connectivity index (χ2n) is 2.17. The number of hydrogen-bond acceptors (Lipinski definition) is 4. The summed E-state index contributed by atoms with van der Waals surface area (Å²) in [6.45, 7) is 0. The molecule has 0 heterocycles. The smallest absolute Gasteiger partial charge is 0.176 e. The van der Waals surface area contributed by atoms with Crippen molar-refractivity contribution in [2.75, 3.05) is 21.3 Å². The van der Waals surface area contributed by atoms with Crippen LogP contribution in [0.15, 0.2) is 5.76 Å². The lowest BCUT2D eigenvalue weighted by Gasteiger charge is -2.11. The first-order valence-corrected chi connectivity index (χ1v) is 5.43. The molecule has 0 rings (SSSR count). The van der Waals surface area contributed by atoms with E-state index in [0.29, 0.717) is 11.8 Å². The van der Waals surface area contributed by atoms with Crippen LogP contribution in [0.25, 0.3) is 0 Å². The molecule has 5 heteroatoms. The first kappa shape index (κ1) is 11.4. The maximum absolute atomic E-state index is 10.2. The van der Waals surface area contributed by atoms with Crippen LogP contribution in [-0.2, 0) is 19.0 Å². The Hall–Kier alpha value is -0.613. The van der Waals surface area contributed by atoms with Crippen LogP contribution in [0, 0.1) is 0 Å². The van der Waals surface area contributed by atoms with Gasteiger partial charge in [0.15, 0.2) is 11.7 Å². The fourth-order valence-corrected chi connectivity index (χ4v) is 2.05. The highest BCUT2D eigenvalue weighted by atomic mass is 28.2. The molecule has 0 aliphatic rings. The van der Waals surface area contributed by atoms with Gasteiger partial charge in [0.1, 0.15) is 5.91 Å². The van der Waals surface area contributed by atoms with Crippen molar-refractivity contribution in [3.8, 4) is 0 Å². The van der Waals surface area contributed by atoms with Gasteiger partial charge in [0.2, 0.25) is 0 Å². The Kier molecular flexibility index (Phi) is 6.70. The molecule has 4 nitrogen and oxygen atoms in total. The van der Waals surface area contributed by atoms with E-state index in [1.165, 1.54) is 7.11 Å². The first-order valence-electron chi connectivity index (χ1n) is 3.62. The highest BCUT2D eigenvalue weighted by molar-refractivity contribution is 6.37. The van der Waals surface area contributed by atoms with E-state index in [4.69, 9.17) is 14.2 Å².